The maximum Gasteiger partial charge on any atom is 0.225 e. The van der Waals surface area contributed by atoms with E-state index in [0.717, 1.165) is 0 Å². The SMILES string of the molecule is CN(C)CCC(=O)Nc1cccc(C#N)c1. The van der Waals surface area contributed by atoms with Crippen molar-refractivity contribution in [2.24, 2.45) is 0 Å². The predicted octanol–water partition coefficient (Wildman–Crippen LogP) is 1.45. The highest BCUT2D eigenvalue weighted by Gasteiger charge is 2.03. The first-order valence-corrected chi connectivity index (χ1v) is 5.06. The number of hydrogen-bond acceptors (Lipinski definition) is 3. The van der Waals surface area contributed by atoms with Crippen molar-refractivity contribution in [1.29, 1.82) is 5.26 Å². The lowest BCUT2D eigenvalue weighted by Crippen LogP contribution is -2.20. The van der Waals surface area contributed by atoms with Crippen molar-refractivity contribution in [3.8, 4) is 6.07 Å². The lowest BCUT2D eigenvalue weighted by Gasteiger charge is -2.09. The van der Waals surface area contributed by atoms with E-state index in [1.807, 2.05) is 25.1 Å². The third-order valence-electron chi connectivity index (χ3n) is 2.06. The second-order valence-electron chi connectivity index (χ2n) is 3.79. The van der Waals surface area contributed by atoms with Crippen molar-refractivity contribution in [1.82, 2.24) is 4.90 Å². The highest BCUT2D eigenvalue weighted by molar-refractivity contribution is 5.90. The fraction of sp³-hybridized carbons (Fsp3) is 0.333. The summed E-state index contributed by atoms with van der Waals surface area (Å²) >= 11 is 0. The van der Waals surface area contributed by atoms with E-state index in [0.29, 0.717) is 24.2 Å². The molecule has 4 nitrogen and oxygen atoms in total. The normalized spacial score (nSPS) is 9.88. The number of rotatable bonds is 4. The number of hydrogen-bond donors (Lipinski definition) is 1. The predicted molar refractivity (Wildman–Crippen MR) is 63.0 cm³/mol. The highest BCUT2D eigenvalue weighted by atomic mass is 16.1. The Bertz CT molecular complexity index is 407. The van der Waals surface area contributed by atoms with Crippen LogP contribution in [0.3, 0.4) is 0 Å². The number of nitrogens with one attached hydrogen (secondary N) is 1. The van der Waals surface area contributed by atoms with E-state index in [2.05, 4.69) is 5.32 Å². The Kier molecular flexibility index (Phi) is 4.49. The summed E-state index contributed by atoms with van der Waals surface area (Å²) in [4.78, 5) is 13.4. The fourth-order valence-electron chi connectivity index (χ4n) is 1.22. The van der Waals surface area contributed by atoms with Crippen LogP contribution in [0.2, 0.25) is 0 Å². The van der Waals surface area contributed by atoms with Crippen LogP contribution in [0, 0.1) is 11.3 Å². The number of carbonyl (C=O) groups is 1. The van der Waals surface area contributed by atoms with Crippen LogP contribution in [0.5, 0.6) is 0 Å². The molecule has 0 heterocycles. The zero-order valence-electron chi connectivity index (χ0n) is 9.53. The monoisotopic (exact) mass is 217 g/mol. The third-order valence-corrected chi connectivity index (χ3v) is 2.06. The molecule has 0 aromatic heterocycles. The van der Waals surface area contributed by atoms with Gasteiger partial charge < -0.3 is 10.2 Å². The Morgan fingerprint density at radius 3 is 2.88 bits per heavy atom. The molecule has 0 atom stereocenters. The topological polar surface area (TPSA) is 56.1 Å². The van der Waals surface area contributed by atoms with E-state index >= 15 is 0 Å². The van der Waals surface area contributed by atoms with Crippen LogP contribution >= 0.6 is 0 Å². The van der Waals surface area contributed by atoms with Gasteiger partial charge in [-0.15, -0.1) is 0 Å². The fourth-order valence-corrected chi connectivity index (χ4v) is 1.22. The molecular formula is C12H15N3O. The average Bonchev–Trinajstić information content (AvgIpc) is 2.26. The molecule has 0 spiro atoms. The van der Waals surface area contributed by atoms with Gasteiger partial charge in [0.25, 0.3) is 0 Å². The zero-order valence-corrected chi connectivity index (χ0v) is 9.53. The number of amides is 1. The van der Waals surface area contributed by atoms with E-state index < -0.39 is 0 Å². The van der Waals surface area contributed by atoms with Gasteiger partial charge in [0.2, 0.25) is 5.91 Å². The summed E-state index contributed by atoms with van der Waals surface area (Å²) in [6, 6.07) is 8.92. The molecule has 0 saturated carbocycles. The number of benzene rings is 1. The third kappa shape index (κ3) is 4.11. The molecule has 0 radical (unpaired) electrons. The standard InChI is InChI=1S/C12H15N3O/c1-15(2)7-6-12(16)14-11-5-3-4-10(8-11)9-13/h3-5,8H,6-7H2,1-2H3,(H,14,16). The molecule has 0 aliphatic heterocycles. The number of nitriles is 1. The Labute approximate surface area is 95.5 Å². The minimum Gasteiger partial charge on any atom is -0.326 e. The molecule has 1 aromatic rings. The van der Waals surface area contributed by atoms with Gasteiger partial charge in [0, 0.05) is 18.7 Å². The summed E-state index contributed by atoms with van der Waals surface area (Å²) in [6.45, 7) is 0.712. The second kappa shape index (κ2) is 5.89. The summed E-state index contributed by atoms with van der Waals surface area (Å²) in [5.41, 5.74) is 1.22. The van der Waals surface area contributed by atoms with Crippen molar-refractivity contribution in [2.75, 3.05) is 26.0 Å². The van der Waals surface area contributed by atoms with Gasteiger partial charge in [-0.25, -0.2) is 0 Å². The molecule has 1 N–H and O–H groups in total. The van der Waals surface area contributed by atoms with Gasteiger partial charge in [-0.05, 0) is 32.3 Å². The number of nitrogens with zero attached hydrogens (tertiary/aromatic N) is 2. The van der Waals surface area contributed by atoms with Gasteiger partial charge >= 0.3 is 0 Å². The van der Waals surface area contributed by atoms with Crippen LogP contribution < -0.4 is 5.32 Å². The van der Waals surface area contributed by atoms with Gasteiger partial charge in [-0.2, -0.15) is 5.26 Å². The molecule has 1 amide bonds. The molecule has 1 rings (SSSR count). The van der Waals surface area contributed by atoms with Gasteiger partial charge in [-0.1, -0.05) is 6.07 Å². The quantitative estimate of drug-likeness (QED) is 0.830. The Morgan fingerprint density at radius 1 is 1.50 bits per heavy atom. The first kappa shape index (κ1) is 12.2. The van der Waals surface area contributed by atoms with E-state index in [4.69, 9.17) is 5.26 Å². The van der Waals surface area contributed by atoms with Crippen LogP contribution in [0.15, 0.2) is 24.3 Å². The molecule has 0 aliphatic carbocycles. The van der Waals surface area contributed by atoms with Gasteiger partial charge in [0.05, 0.1) is 11.6 Å². The second-order valence-corrected chi connectivity index (χ2v) is 3.79. The molecular weight excluding hydrogens is 202 g/mol. The number of anilines is 1. The minimum atomic E-state index is -0.0382. The van der Waals surface area contributed by atoms with Crippen molar-refractivity contribution < 1.29 is 4.79 Å². The summed E-state index contributed by atoms with van der Waals surface area (Å²) in [5, 5.41) is 11.5. The molecule has 0 fully saturated rings. The van der Waals surface area contributed by atoms with Crippen molar-refractivity contribution in [3.05, 3.63) is 29.8 Å². The van der Waals surface area contributed by atoms with Crippen molar-refractivity contribution >= 4 is 11.6 Å². The van der Waals surface area contributed by atoms with Crippen LogP contribution in [0.25, 0.3) is 0 Å². The Morgan fingerprint density at radius 2 is 2.25 bits per heavy atom. The highest BCUT2D eigenvalue weighted by Crippen LogP contribution is 2.09. The lowest BCUT2D eigenvalue weighted by molar-refractivity contribution is -0.116. The molecule has 0 unspecified atom stereocenters. The Hall–Kier alpha value is -1.86. The maximum absolute atomic E-state index is 11.5. The van der Waals surface area contributed by atoms with Crippen LogP contribution in [-0.2, 0) is 4.79 Å². The van der Waals surface area contributed by atoms with E-state index in [9.17, 15) is 4.79 Å². The van der Waals surface area contributed by atoms with Crippen molar-refractivity contribution in [3.63, 3.8) is 0 Å². The van der Waals surface area contributed by atoms with Crippen LogP contribution in [0.4, 0.5) is 5.69 Å². The van der Waals surface area contributed by atoms with Gasteiger partial charge in [-0.3, -0.25) is 4.79 Å². The summed E-state index contributed by atoms with van der Waals surface area (Å²) < 4.78 is 0. The molecule has 0 bridgehead atoms. The molecule has 1 aromatic carbocycles. The smallest absolute Gasteiger partial charge is 0.225 e. The summed E-state index contributed by atoms with van der Waals surface area (Å²) in [6.07, 6.45) is 0.448. The summed E-state index contributed by atoms with van der Waals surface area (Å²) in [7, 11) is 3.84. The van der Waals surface area contributed by atoms with E-state index in [-0.39, 0.29) is 5.91 Å². The molecule has 84 valence electrons. The van der Waals surface area contributed by atoms with E-state index in [1.54, 1.807) is 24.3 Å². The minimum absolute atomic E-state index is 0.0382. The zero-order chi connectivity index (χ0) is 12.0. The van der Waals surface area contributed by atoms with Crippen LogP contribution in [0.1, 0.15) is 12.0 Å². The first-order valence-electron chi connectivity index (χ1n) is 5.06. The molecule has 4 heteroatoms. The average molecular weight is 217 g/mol. The van der Waals surface area contributed by atoms with Crippen LogP contribution in [-0.4, -0.2) is 31.4 Å². The van der Waals surface area contributed by atoms with Crippen molar-refractivity contribution in [2.45, 2.75) is 6.42 Å². The maximum atomic E-state index is 11.5. The largest absolute Gasteiger partial charge is 0.326 e. The summed E-state index contributed by atoms with van der Waals surface area (Å²) in [5.74, 6) is -0.0382. The van der Waals surface area contributed by atoms with Gasteiger partial charge in [0.1, 0.15) is 0 Å². The first-order chi connectivity index (χ1) is 7.61. The molecule has 0 saturated heterocycles. The Balaban J connectivity index is 2.53. The van der Waals surface area contributed by atoms with E-state index in [1.165, 1.54) is 0 Å². The lowest BCUT2D eigenvalue weighted by atomic mass is 10.2. The number of carbonyl (C=O) groups excluding carboxylic acids is 1. The van der Waals surface area contributed by atoms with Gasteiger partial charge in [0.15, 0.2) is 0 Å². The molecule has 0 aliphatic rings. The molecule has 16 heavy (non-hydrogen) atoms.